The Bertz CT molecular complexity index is 491. The summed E-state index contributed by atoms with van der Waals surface area (Å²) in [6, 6.07) is 9.08. The standard InChI is InChI=1S/C27H49N.ClO2/c1-4-5-6-7-8-9-10-11-12-13-14-15-16-17-22-27(2,3)23-25-18-20-26(24-28)21-19-25;2-1-3/h18-21H,4-17,22-24,28H2,1-3H3;/q;-1/p+1. The van der Waals surface area contributed by atoms with Gasteiger partial charge in [0.1, 0.15) is 0 Å². The van der Waals surface area contributed by atoms with E-state index < -0.39 is 11.3 Å². The molecule has 1 aromatic carbocycles. The molecule has 0 saturated heterocycles. The highest BCUT2D eigenvalue weighted by molar-refractivity contribution is 5.22. The molecule has 0 aromatic heterocycles. The second kappa shape index (κ2) is 21.2. The highest BCUT2D eigenvalue weighted by Gasteiger charge is 2.17. The van der Waals surface area contributed by atoms with Gasteiger partial charge in [-0.1, -0.05) is 135 Å². The van der Waals surface area contributed by atoms with E-state index in [-0.39, 0.29) is 0 Å². The minimum absolute atomic E-state index is 0.417. The molecule has 3 N–H and O–H groups in total. The Morgan fingerprint density at radius 2 is 1.03 bits per heavy atom. The second-order valence-corrected chi connectivity index (χ2v) is 9.94. The van der Waals surface area contributed by atoms with Crippen molar-refractivity contribution in [2.24, 2.45) is 5.41 Å². The lowest BCUT2D eigenvalue weighted by Crippen LogP contribution is -2.47. The molecular weight excluding hydrogens is 406 g/mol. The van der Waals surface area contributed by atoms with E-state index in [9.17, 15) is 0 Å². The van der Waals surface area contributed by atoms with Gasteiger partial charge in [-0.2, -0.15) is 0 Å². The first-order valence-electron chi connectivity index (χ1n) is 12.8. The molecule has 0 aliphatic carbocycles. The summed E-state index contributed by atoms with van der Waals surface area (Å²) < 4.78 is 16.5. The van der Waals surface area contributed by atoms with Crippen LogP contribution in [0.2, 0.25) is 0 Å². The maximum atomic E-state index is 8.24. The van der Waals surface area contributed by atoms with Gasteiger partial charge in [0.25, 0.3) is 0 Å². The zero-order chi connectivity index (χ0) is 23.2. The summed E-state index contributed by atoms with van der Waals surface area (Å²) in [5, 5.41) is 0. The van der Waals surface area contributed by atoms with Gasteiger partial charge in [0.2, 0.25) is 0 Å². The molecule has 0 atom stereocenters. The number of unbranched alkanes of at least 4 members (excludes halogenated alkanes) is 13. The van der Waals surface area contributed by atoms with Crippen molar-refractivity contribution >= 4 is 0 Å². The Hall–Kier alpha value is -0.610. The van der Waals surface area contributed by atoms with Crippen LogP contribution >= 0.6 is 0 Å². The van der Waals surface area contributed by atoms with Crippen molar-refractivity contribution in [2.75, 3.05) is 0 Å². The van der Waals surface area contributed by atoms with Crippen molar-refractivity contribution in [3.8, 4) is 0 Å². The minimum atomic E-state index is -0.417. The molecule has 0 fully saturated rings. The highest BCUT2D eigenvalue weighted by Crippen LogP contribution is 2.29. The van der Waals surface area contributed by atoms with Crippen molar-refractivity contribution in [3.05, 3.63) is 35.4 Å². The first kappa shape index (κ1) is 30.4. The summed E-state index contributed by atoms with van der Waals surface area (Å²) in [6.45, 7) is 8.06. The number of rotatable bonds is 18. The van der Waals surface area contributed by atoms with Crippen molar-refractivity contribution in [1.82, 2.24) is 0 Å². The van der Waals surface area contributed by atoms with E-state index in [4.69, 9.17) is 9.32 Å². The number of benzene rings is 1. The maximum absolute atomic E-state index is 8.24. The number of quaternary nitrogens is 1. The van der Waals surface area contributed by atoms with Gasteiger partial charge in [0.15, 0.2) is 0 Å². The smallest absolute Gasteiger partial charge is 0.0997 e. The largest absolute Gasteiger partial charge is 0.544 e. The van der Waals surface area contributed by atoms with Crippen LogP contribution in [0.5, 0.6) is 0 Å². The molecule has 1 aromatic rings. The van der Waals surface area contributed by atoms with Crippen LogP contribution in [0.4, 0.5) is 0 Å². The summed E-state index contributed by atoms with van der Waals surface area (Å²) >= 11 is -0.417. The normalized spacial score (nSPS) is 11.3. The quantitative estimate of drug-likeness (QED) is 0.297. The number of hydrogen-bond donors (Lipinski definition) is 1. The Labute approximate surface area is 197 Å². The predicted octanol–water partition coefficient (Wildman–Crippen LogP) is 5.49. The van der Waals surface area contributed by atoms with E-state index in [1.54, 1.807) is 0 Å². The third kappa shape index (κ3) is 19.8. The zero-order valence-electron chi connectivity index (χ0n) is 20.7. The molecule has 0 heterocycles. The Kier molecular flexibility index (Phi) is 20.8. The molecule has 1 rings (SSSR count). The van der Waals surface area contributed by atoms with E-state index in [1.165, 1.54) is 114 Å². The molecule has 4 heteroatoms. The molecule has 0 spiro atoms. The number of hydrogen-bond acceptors (Lipinski definition) is 2. The summed E-state index contributed by atoms with van der Waals surface area (Å²) in [7, 11) is 0. The Morgan fingerprint density at radius 3 is 1.42 bits per heavy atom. The maximum Gasteiger partial charge on any atom is 0.0997 e. The van der Waals surface area contributed by atoms with Crippen molar-refractivity contribution in [2.45, 2.75) is 130 Å². The molecule has 182 valence electrons. The van der Waals surface area contributed by atoms with Crippen LogP contribution in [0.25, 0.3) is 0 Å². The lowest BCUT2D eigenvalue weighted by Gasteiger charge is -2.25. The van der Waals surface area contributed by atoms with Crippen molar-refractivity contribution < 1.29 is 26.4 Å². The fourth-order valence-electron chi connectivity index (χ4n) is 4.26. The molecular formula is C27H50ClNO2. The van der Waals surface area contributed by atoms with Crippen LogP contribution < -0.4 is 15.1 Å². The van der Waals surface area contributed by atoms with Gasteiger partial charge in [-0.15, -0.1) is 0 Å². The monoisotopic (exact) mass is 455 g/mol. The minimum Gasteiger partial charge on any atom is -0.544 e. The van der Waals surface area contributed by atoms with Crippen LogP contribution in [-0.2, 0) is 13.0 Å². The highest BCUT2D eigenvalue weighted by atomic mass is 35.6. The third-order valence-corrected chi connectivity index (χ3v) is 6.20. The van der Waals surface area contributed by atoms with Gasteiger partial charge >= 0.3 is 0 Å². The lowest BCUT2D eigenvalue weighted by atomic mass is 9.81. The summed E-state index contributed by atoms with van der Waals surface area (Å²) in [4.78, 5) is 0. The van der Waals surface area contributed by atoms with Gasteiger partial charge < -0.3 is 15.1 Å². The molecule has 0 aliphatic heterocycles. The van der Waals surface area contributed by atoms with E-state index in [1.807, 2.05) is 0 Å². The van der Waals surface area contributed by atoms with Crippen LogP contribution in [0, 0.1) is 16.7 Å². The van der Waals surface area contributed by atoms with Crippen LogP contribution in [0.15, 0.2) is 24.3 Å². The Balaban J connectivity index is 0.00000282. The summed E-state index contributed by atoms with van der Waals surface area (Å²) in [5.41, 5.74) is 7.20. The molecule has 0 bridgehead atoms. The van der Waals surface area contributed by atoms with E-state index in [2.05, 4.69) is 50.8 Å². The second-order valence-electron chi connectivity index (χ2n) is 9.82. The van der Waals surface area contributed by atoms with Crippen LogP contribution in [0.1, 0.15) is 128 Å². The van der Waals surface area contributed by atoms with Crippen LogP contribution in [-0.4, -0.2) is 0 Å². The van der Waals surface area contributed by atoms with E-state index in [0.29, 0.717) is 5.41 Å². The summed E-state index contributed by atoms with van der Waals surface area (Å²) in [5.74, 6) is 0. The molecule has 3 nitrogen and oxygen atoms in total. The van der Waals surface area contributed by atoms with Gasteiger partial charge in [-0.3, -0.25) is 0 Å². The molecule has 0 amide bonds. The van der Waals surface area contributed by atoms with Gasteiger partial charge in [0, 0.05) is 5.56 Å². The number of halogens is 1. The molecule has 0 saturated carbocycles. The van der Waals surface area contributed by atoms with E-state index in [0.717, 1.165) is 6.54 Å². The van der Waals surface area contributed by atoms with Crippen molar-refractivity contribution in [1.29, 1.82) is 0 Å². The topological polar surface area (TPSA) is 73.8 Å². The predicted molar refractivity (Wildman–Crippen MR) is 125 cm³/mol. The van der Waals surface area contributed by atoms with E-state index >= 15 is 0 Å². The van der Waals surface area contributed by atoms with Crippen LogP contribution in [0.3, 0.4) is 0 Å². The third-order valence-electron chi connectivity index (χ3n) is 6.20. The first-order valence-corrected chi connectivity index (χ1v) is 13.4. The molecule has 31 heavy (non-hydrogen) atoms. The summed E-state index contributed by atoms with van der Waals surface area (Å²) in [6.07, 6.45) is 22.7. The first-order chi connectivity index (χ1) is 15.0. The molecule has 0 aliphatic rings. The van der Waals surface area contributed by atoms with Gasteiger partial charge in [-0.25, -0.2) is 0 Å². The average Bonchev–Trinajstić information content (AvgIpc) is 2.75. The fraction of sp³-hybridized carbons (Fsp3) is 0.778. The zero-order valence-corrected chi connectivity index (χ0v) is 21.5. The molecule has 0 unspecified atom stereocenters. The lowest BCUT2D eigenvalue weighted by molar-refractivity contribution is -1.41. The fourth-order valence-corrected chi connectivity index (χ4v) is 4.26. The Morgan fingerprint density at radius 1 is 0.677 bits per heavy atom. The van der Waals surface area contributed by atoms with Gasteiger partial charge in [0.05, 0.1) is 17.9 Å². The van der Waals surface area contributed by atoms with Crippen molar-refractivity contribution in [3.63, 3.8) is 0 Å². The average molecular weight is 456 g/mol. The van der Waals surface area contributed by atoms with Gasteiger partial charge in [-0.05, 0) is 23.8 Å². The molecule has 0 radical (unpaired) electrons. The SMILES string of the molecule is CCCCCCCCCCCCCCCCC(C)(C)Cc1ccc(C[NH3+])cc1.[O-][Cl+][O-].